The van der Waals surface area contributed by atoms with Crippen LogP contribution in [-0.2, 0) is 6.61 Å². The Morgan fingerprint density at radius 3 is 2.26 bits per heavy atom. The van der Waals surface area contributed by atoms with Gasteiger partial charge in [0, 0.05) is 22.7 Å². The summed E-state index contributed by atoms with van der Waals surface area (Å²) in [4.78, 5) is 6.83. The Morgan fingerprint density at radius 2 is 1.64 bits per heavy atom. The maximum Gasteiger partial charge on any atom is 0.232 e. The average Bonchev–Trinajstić information content (AvgIpc) is 3.38. The highest BCUT2D eigenvalue weighted by Crippen LogP contribution is 2.29. The summed E-state index contributed by atoms with van der Waals surface area (Å²) in [5, 5.41) is 13.8. The van der Waals surface area contributed by atoms with Crippen LogP contribution >= 0.6 is 11.6 Å². The molecule has 0 saturated carbocycles. The van der Waals surface area contributed by atoms with Crippen molar-refractivity contribution in [2.45, 2.75) is 46.3 Å². The van der Waals surface area contributed by atoms with Crippen LogP contribution in [0.15, 0.2) is 77.2 Å². The fourth-order valence-electron chi connectivity index (χ4n) is 4.52. The van der Waals surface area contributed by atoms with E-state index in [1.165, 1.54) is 11.1 Å². The summed E-state index contributed by atoms with van der Waals surface area (Å²) in [5.41, 5.74) is 4.45. The molecule has 0 unspecified atom stereocenters. The molecule has 0 aliphatic heterocycles. The number of nitriles is 1. The van der Waals surface area contributed by atoms with E-state index in [1.54, 1.807) is 0 Å². The molecule has 39 heavy (non-hydrogen) atoms. The zero-order valence-electron chi connectivity index (χ0n) is 22.9. The minimum absolute atomic E-state index is 0.121. The molecule has 1 aromatic heterocycles. The van der Waals surface area contributed by atoms with Crippen LogP contribution in [0.4, 0.5) is 5.88 Å². The third-order valence-corrected chi connectivity index (χ3v) is 7.25. The molecule has 4 aromatic rings. The van der Waals surface area contributed by atoms with Crippen LogP contribution in [0, 0.1) is 11.3 Å². The van der Waals surface area contributed by atoms with E-state index < -0.39 is 0 Å². The largest absolute Gasteiger partial charge is 0.489 e. The lowest BCUT2D eigenvalue weighted by Gasteiger charge is -2.30. The van der Waals surface area contributed by atoms with E-state index >= 15 is 0 Å². The van der Waals surface area contributed by atoms with Gasteiger partial charge in [0.1, 0.15) is 18.4 Å². The van der Waals surface area contributed by atoms with E-state index in [4.69, 9.17) is 20.8 Å². The van der Waals surface area contributed by atoms with Gasteiger partial charge in [0.05, 0.1) is 6.04 Å². The van der Waals surface area contributed by atoms with E-state index in [9.17, 15) is 5.26 Å². The highest BCUT2D eigenvalue weighted by Gasteiger charge is 2.21. The summed E-state index contributed by atoms with van der Waals surface area (Å²) in [6.45, 7) is 11.5. The quantitative estimate of drug-likeness (QED) is 0.195. The number of rotatable bonds is 12. The van der Waals surface area contributed by atoms with E-state index in [-0.39, 0.29) is 11.7 Å². The molecule has 0 fully saturated rings. The van der Waals surface area contributed by atoms with E-state index in [1.807, 2.05) is 48.5 Å². The lowest BCUT2D eigenvalue weighted by molar-refractivity contribution is 0.227. The molecular formula is C32H35ClN4O2. The van der Waals surface area contributed by atoms with E-state index in [0.29, 0.717) is 41.6 Å². The fraction of sp³-hybridized carbons (Fsp3) is 0.312. The van der Waals surface area contributed by atoms with Crippen molar-refractivity contribution in [1.29, 1.82) is 5.26 Å². The minimum atomic E-state index is 0.121. The van der Waals surface area contributed by atoms with Crippen molar-refractivity contribution in [3.8, 4) is 23.3 Å². The lowest BCUT2D eigenvalue weighted by atomic mass is 9.98. The first-order valence-corrected chi connectivity index (χ1v) is 13.8. The molecule has 0 saturated heterocycles. The first kappa shape index (κ1) is 28.2. The molecule has 6 nitrogen and oxygen atoms in total. The SMILES string of the molecule is CCN(CC)[C@H](CNc1oc(-c2ccc(OCc3ccccc3Cl)cc2)nc1C#N)c1ccc(C(C)C)cc1. The Kier molecular flexibility index (Phi) is 9.64. The Balaban J connectivity index is 1.47. The van der Waals surface area contributed by atoms with Gasteiger partial charge in [0.2, 0.25) is 17.5 Å². The number of benzene rings is 3. The molecule has 202 valence electrons. The molecule has 1 N–H and O–H groups in total. The van der Waals surface area contributed by atoms with Gasteiger partial charge >= 0.3 is 0 Å². The lowest BCUT2D eigenvalue weighted by Crippen LogP contribution is -2.33. The maximum absolute atomic E-state index is 9.74. The summed E-state index contributed by atoms with van der Waals surface area (Å²) in [7, 11) is 0. The van der Waals surface area contributed by atoms with Gasteiger partial charge in [0.15, 0.2) is 0 Å². The number of ether oxygens (including phenoxy) is 1. The number of hydrogen-bond acceptors (Lipinski definition) is 6. The zero-order chi connectivity index (χ0) is 27.8. The van der Waals surface area contributed by atoms with Crippen LogP contribution < -0.4 is 10.1 Å². The molecule has 0 bridgehead atoms. The molecular weight excluding hydrogens is 508 g/mol. The molecule has 0 radical (unpaired) electrons. The number of halogens is 1. The Bertz CT molecular complexity index is 1390. The van der Waals surface area contributed by atoms with E-state index in [2.05, 4.69) is 73.2 Å². The van der Waals surface area contributed by atoms with Crippen LogP contribution in [-0.4, -0.2) is 29.5 Å². The second-order valence-corrected chi connectivity index (χ2v) is 10.1. The number of anilines is 1. The number of aromatic nitrogens is 1. The van der Waals surface area contributed by atoms with Crippen LogP contribution in [0.3, 0.4) is 0 Å². The molecule has 0 amide bonds. The fourth-order valence-corrected chi connectivity index (χ4v) is 4.71. The number of nitrogens with zero attached hydrogens (tertiary/aromatic N) is 3. The standard InChI is InChI=1S/C32H35ClN4O2/c1-5-37(6-2)30(24-13-11-23(12-14-24)22(3)4)20-35-32-29(19-34)36-31(39-32)25-15-17-27(18-16-25)38-21-26-9-7-8-10-28(26)33/h7-18,22,30,35H,5-6,20-21H2,1-4H3/t30-/m1/s1. The summed E-state index contributed by atoms with van der Waals surface area (Å²) >= 11 is 6.22. The molecule has 7 heteroatoms. The van der Waals surface area contributed by atoms with Crippen molar-refractivity contribution in [3.63, 3.8) is 0 Å². The topological polar surface area (TPSA) is 74.3 Å². The minimum Gasteiger partial charge on any atom is -0.489 e. The van der Waals surface area contributed by atoms with Crippen LogP contribution in [0.25, 0.3) is 11.5 Å². The summed E-state index contributed by atoms with van der Waals surface area (Å²) in [6.07, 6.45) is 0. The Hall–Kier alpha value is -3.79. The van der Waals surface area contributed by atoms with Gasteiger partial charge < -0.3 is 14.5 Å². The Morgan fingerprint density at radius 1 is 0.974 bits per heavy atom. The molecule has 0 aliphatic carbocycles. The first-order chi connectivity index (χ1) is 18.9. The highest BCUT2D eigenvalue weighted by atomic mass is 35.5. The molecule has 0 spiro atoms. The monoisotopic (exact) mass is 542 g/mol. The molecule has 0 aliphatic rings. The van der Waals surface area contributed by atoms with Crippen molar-refractivity contribution in [2.24, 2.45) is 0 Å². The molecule has 3 aromatic carbocycles. The van der Waals surface area contributed by atoms with Crippen molar-refractivity contribution >= 4 is 17.5 Å². The van der Waals surface area contributed by atoms with Crippen molar-refractivity contribution in [2.75, 3.05) is 25.0 Å². The average molecular weight is 543 g/mol. The molecule has 1 heterocycles. The van der Waals surface area contributed by atoms with Gasteiger partial charge in [0.25, 0.3) is 0 Å². The number of likely N-dealkylation sites (N-methyl/N-ethyl adjacent to an activating group) is 1. The first-order valence-electron chi connectivity index (χ1n) is 13.4. The third-order valence-electron chi connectivity index (χ3n) is 6.88. The van der Waals surface area contributed by atoms with Crippen molar-refractivity contribution < 1.29 is 9.15 Å². The Labute approximate surface area is 236 Å². The molecule has 1 atom stereocenters. The number of nitrogens with one attached hydrogen (secondary N) is 1. The van der Waals surface area contributed by atoms with Gasteiger partial charge in [-0.05, 0) is 60.5 Å². The van der Waals surface area contributed by atoms with E-state index in [0.717, 1.165) is 24.2 Å². The van der Waals surface area contributed by atoms with Crippen molar-refractivity contribution in [3.05, 3.63) is 100 Å². The van der Waals surface area contributed by atoms with Crippen LogP contribution in [0.2, 0.25) is 5.02 Å². The van der Waals surface area contributed by atoms with Crippen molar-refractivity contribution in [1.82, 2.24) is 9.88 Å². The smallest absolute Gasteiger partial charge is 0.232 e. The zero-order valence-corrected chi connectivity index (χ0v) is 23.7. The second kappa shape index (κ2) is 13.3. The van der Waals surface area contributed by atoms with Gasteiger partial charge in [-0.15, -0.1) is 0 Å². The third kappa shape index (κ3) is 7.00. The summed E-state index contributed by atoms with van der Waals surface area (Å²) in [6, 6.07) is 26.1. The van der Waals surface area contributed by atoms with Crippen LogP contribution in [0.1, 0.15) is 62.0 Å². The van der Waals surface area contributed by atoms with Gasteiger partial charge in [-0.1, -0.05) is 81.8 Å². The highest BCUT2D eigenvalue weighted by molar-refractivity contribution is 6.31. The van der Waals surface area contributed by atoms with Gasteiger partial charge in [-0.25, -0.2) is 0 Å². The van der Waals surface area contributed by atoms with Crippen LogP contribution in [0.5, 0.6) is 5.75 Å². The second-order valence-electron chi connectivity index (χ2n) is 9.65. The summed E-state index contributed by atoms with van der Waals surface area (Å²) < 4.78 is 11.9. The van der Waals surface area contributed by atoms with Gasteiger partial charge in [-0.3, -0.25) is 4.90 Å². The maximum atomic E-state index is 9.74. The molecule has 4 rings (SSSR count). The summed E-state index contributed by atoms with van der Waals surface area (Å²) in [5.74, 6) is 1.95. The number of hydrogen-bond donors (Lipinski definition) is 1. The predicted molar refractivity (Wildman–Crippen MR) is 157 cm³/mol. The normalized spacial score (nSPS) is 11.9. The van der Waals surface area contributed by atoms with Gasteiger partial charge in [-0.2, -0.15) is 10.2 Å². The predicted octanol–water partition coefficient (Wildman–Crippen LogP) is 8.06. The number of oxazole rings is 1.